The molecule has 0 aliphatic heterocycles. The van der Waals surface area contributed by atoms with E-state index in [-0.39, 0.29) is 17.7 Å². The summed E-state index contributed by atoms with van der Waals surface area (Å²) < 4.78 is 84.9. The Morgan fingerprint density at radius 3 is 2.16 bits per heavy atom. The van der Waals surface area contributed by atoms with Crippen LogP contribution in [0.5, 0.6) is 0 Å². The molecule has 6 nitrogen and oxygen atoms in total. The fourth-order valence-corrected chi connectivity index (χ4v) is 7.10. The number of nitrogens with zero attached hydrogens (tertiary/aromatic N) is 2. The van der Waals surface area contributed by atoms with Gasteiger partial charge >= 0.3 is 200 Å². The monoisotopic (exact) mass is 659 g/mol. The first-order valence-electron chi connectivity index (χ1n) is 10.7. The molecular weight excluding hydrogens is 631 g/mol. The van der Waals surface area contributed by atoms with E-state index in [0.717, 1.165) is 41.0 Å². The molecule has 0 spiro atoms. The van der Waals surface area contributed by atoms with Gasteiger partial charge in [0.15, 0.2) is 0 Å². The summed E-state index contributed by atoms with van der Waals surface area (Å²) >= 11 is -2.41. The van der Waals surface area contributed by atoms with Crippen molar-refractivity contribution in [2.75, 3.05) is 12.0 Å². The SMILES string of the molecule is C=O.CO.Cc1ccc(I(C)NC(=O)c2c(Cc3cccc(C(F)(F)F)c3)nn(C)c2C(F)(F)F)c(C)c1. The number of carbonyl (C=O) groups is 2. The third kappa shape index (κ3) is 8.28. The zero-order valence-corrected chi connectivity index (χ0v) is 23.4. The van der Waals surface area contributed by atoms with Crippen LogP contribution in [0.1, 0.15) is 44.0 Å². The molecule has 0 radical (unpaired) electrons. The molecule has 1 aromatic heterocycles. The summed E-state index contributed by atoms with van der Waals surface area (Å²) in [5, 5.41) is 10.9. The van der Waals surface area contributed by atoms with Crippen LogP contribution >= 0.6 is 20.1 Å². The van der Waals surface area contributed by atoms with Crippen molar-refractivity contribution in [2.45, 2.75) is 32.6 Å². The minimum absolute atomic E-state index is 0.0944. The molecule has 0 saturated heterocycles. The predicted octanol–water partition coefficient (Wildman–Crippen LogP) is 5.74. The van der Waals surface area contributed by atoms with Crippen molar-refractivity contribution >= 4 is 32.8 Å². The van der Waals surface area contributed by atoms with Crippen molar-refractivity contribution in [3.63, 3.8) is 0 Å². The molecule has 13 heteroatoms. The van der Waals surface area contributed by atoms with Crippen molar-refractivity contribution in [3.05, 3.63) is 85.2 Å². The first kappa shape index (κ1) is 33.1. The summed E-state index contributed by atoms with van der Waals surface area (Å²) in [6.45, 7) is 5.78. The maximum atomic E-state index is 13.8. The Balaban J connectivity index is 0.00000172. The van der Waals surface area contributed by atoms with Crippen molar-refractivity contribution < 1.29 is 41.0 Å². The number of nitrogens with one attached hydrogen (secondary N) is 1. The van der Waals surface area contributed by atoms with Crippen molar-refractivity contribution in [1.29, 1.82) is 0 Å². The molecule has 38 heavy (non-hydrogen) atoms. The third-order valence-electron chi connectivity index (χ3n) is 5.09. The Kier molecular flexibility index (Phi) is 12.0. The van der Waals surface area contributed by atoms with Crippen LogP contribution in [-0.2, 0) is 30.6 Å². The normalized spacial score (nSPS) is 11.5. The molecular formula is C25H28F6IN3O3. The zero-order chi connectivity index (χ0) is 29.4. The fraction of sp³-hybridized carbons (Fsp3) is 0.320. The van der Waals surface area contributed by atoms with E-state index >= 15 is 0 Å². The van der Waals surface area contributed by atoms with Crippen molar-refractivity contribution in [2.24, 2.45) is 7.05 Å². The number of benzene rings is 2. The number of carbonyl (C=O) groups excluding carboxylic acids is 2. The fourth-order valence-electron chi connectivity index (χ4n) is 3.66. The van der Waals surface area contributed by atoms with Crippen LogP contribution in [0.15, 0.2) is 42.5 Å². The first-order valence-corrected chi connectivity index (χ1v) is 15.0. The molecule has 3 aromatic rings. The molecule has 1 heterocycles. The van der Waals surface area contributed by atoms with Gasteiger partial charge in [0.05, 0.1) is 0 Å². The number of aryl methyl sites for hydroxylation is 3. The van der Waals surface area contributed by atoms with E-state index in [1.165, 1.54) is 12.1 Å². The molecule has 0 aliphatic rings. The molecule has 2 N–H and O–H groups in total. The van der Waals surface area contributed by atoms with Gasteiger partial charge < -0.3 is 9.90 Å². The summed E-state index contributed by atoms with van der Waals surface area (Å²) in [5.41, 5.74) is -1.03. The van der Waals surface area contributed by atoms with E-state index in [0.29, 0.717) is 4.68 Å². The molecule has 0 aliphatic carbocycles. The summed E-state index contributed by atoms with van der Waals surface area (Å²) in [7, 11) is 2.06. The second-order valence-electron chi connectivity index (χ2n) is 7.82. The van der Waals surface area contributed by atoms with Gasteiger partial charge in [0.1, 0.15) is 6.79 Å². The van der Waals surface area contributed by atoms with Gasteiger partial charge in [-0.2, -0.15) is 0 Å². The molecule has 2 aromatic carbocycles. The molecule has 210 valence electrons. The Morgan fingerprint density at radius 2 is 1.63 bits per heavy atom. The van der Waals surface area contributed by atoms with Crippen LogP contribution in [0.3, 0.4) is 0 Å². The van der Waals surface area contributed by atoms with Gasteiger partial charge in [-0.25, -0.2) is 0 Å². The number of aliphatic hydroxyl groups excluding tert-OH is 1. The van der Waals surface area contributed by atoms with E-state index in [4.69, 9.17) is 9.90 Å². The Bertz CT molecular complexity index is 1240. The topological polar surface area (TPSA) is 84.2 Å². The molecule has 0 saturated carbocycles. The van der Waals surface area contributed by atoms with E-state index in [1.807, 2.05) is 38.8 Å². The van der Waals surface area contributed by atoms with E-state index in [2.05, 4.69) is 8.63 Å². The first-order chi connectivity index (χ1) is 17.7. The number of aromatic nitrogens is 2. The summed E-state index contributed by atoms with van der Waals surface area (Å²) in [6, 6.07) is 9.89. The van der Waals surface area contributed by atoms with Crippen molar-refractivity contribution in [1.82, 2.24) is 13.3 Å². The summed E-state index contributed by atoms with van der Waals surface area (Å²) in [5.74, 6) is -0.935. The van der Waals surface area contributed by atoms with Gasteiger partial charge in [0.2, 0.25) is 0 Å². The number of rotatable bonds is 5. The molecule has 3 rings (SSSR count). The van der Waals surface area contributed by atoms with E-state index < -0.39 is 55.2 Å². The minimum atomic E-state index is -4.88. The standard InChI is InChI=1S/C23H22F6IN3O.CH4O.CH2O/c1-13-8-9-17(14(2)10-13)30(3)31-21(34)19-18(32-33(4)20(19)23(27,28)29)12-15-6-5-7-16(11-15)22(24,25)26;2*1-2/h5-11H,12H2,1-4H3,(H,31,34);2H,1H3;1H2. The average Bonchev–Trinajstić information content (AvgIpc) is 3.17. The second-order valence-corrected chi connectivity index (χ2v) is 12.2. The number of alkyl halides is 7. The van der Waals surface area contributed by atoms with Crippen molar-refractivity contribution in [3.8, 4) is 0 Å². The Morgan fingerprint density at radius 1 is 1.03 bits per heavy atom. The molecule has 0 fully saturated rings. The number of halogens is 7. The van der Waals surface area contributed by atoms with Crippen LogP contribution in [0.4, 0.5) is 26.3 Å². The number of amides is 1. The molecule has 1 amide bonds. The average molecular weight is 659 g/mol. The van der Waals surface area contributed by atoms with Crippen LogP contribution in [-0.4, -0.2) is 39.6 Å². The van der Waals surface area contributed by atoms with Gasteiger partial charge in [0.25, 0.3) is 0 Å². The van der Waals surface area contributed by atoms with Gasteiger partial charge in [-0.05, 0) is 0 Å². The molecule has 0 atom stereocenters. The Hall–Kier alpha value is -2.94. The number of hydrogen-bond donors (Lipinski definition) is 2. The predicted molar refractivity (Wildman–Crippen MR) is 140 cm³/mol. The van der Waals surface area contributed by atoms with Crippen LogP contribution in [0.25, 0.3) is 0 Å². The molecule has 0 unspecified atom stereocenters. The van der Waals surface area contributed by atoms with E-state index in [9.17, 15) is 31.1 Å². The summed E-state index contributed by atoms with van der Waals surface area (Å²) in [4.78, 5) is 22.9. The maximum absolute atomic E-state index is 13.8. The van der Waals surface area contributed by atoms with E-state index in [1.54, 1.807) is 4.93 Å². The quantitative estimate of drug-likeness (QED) is 0.159. The van der Waals surface area contributed by atoms with Gasteiger partial charge in [0, 0.05) is 7.11 Å². The zero-order valence-electron chi connectivity index (χ0n) is 21.3. The number of aliphatic hydroxyl groups is 1. The molecule has 0 bridgehead atoms. The van der Waals surface area contributed by atoms with Crippen LogP contribution in [0.2, 0.25) is 0 Å². The Labute approximate surface area is 223 Å². The van der Waals surface area contributed by atoms with Crippen LogP contribution in [0, 0.1) is 17.4 Å². The third-order valence-corrected chi connectivity index (χ3v) is 9.34. The number of hydrogen-bond acceptors (Lipinski definition) is 4. The van der Waals surface area contributed by atoms with Crippen LogP contribution < -0.4 is 3.53 Å². The van der Waals surface area contributed by atoms with Gasteiger partial charge in [-0.3, -0.25) is 0 Å². The van der Waals surface area contributed by atoms with Gasteiger partial charge in [-0.15, -0.1) is 0 Å². The summed E-state index contributed by atoms with van der Waals surface area (Å²) in [6.07, 6.45) is -9.85. The van der Waals surface area contributed by atoms with Gasteiger partial charge in [-0.1, -0.05) is 0 Å². The second kappa shape index (κ2) is 13.7.